The summed E-state index contributed by atoms with van der Waals surface area (Å²) in [6.07, 6.45) is 7.12. The number of carbonyl (C=O) groups excluding carboxylic acids is 2. The maximum atomic E-state index is 10.2. The molecule has 0 saturated heterocycles. The summed E-state index contributed by atoms with van der Waals surface area (Å²) in [6.45, 7) is 3.92. The Bertz CT molecular complexity index is 233. The molecule has 0 aromatic heterocycles. The van der Waals surface area contributed by atoms with Gasteiger partial charge < -0.3 is 0 Å². The second-order valence-electron chi connectivity index (χ2n) is 3.20. The minimum absolute atomic E-state index is 0.529. The topological polar surface area (TPSA) is 58.9 Å². The van der Waals surface area contributed by atoms with Crippen molar-refractivity contribution in [2.45, 2.75) is 51.6 Å². The second-order valence-corrected chi connectivity index (χ2v) is 3.20. The summed E-state index contributed by atoms with van der Waals surface area (Å²) in [7, 11) is 0. The molecule has 0 aliphatic carbocycles. The van der Waals surface area contributed by atoms with Crippen LogP contribution in [0.2, 0.25) is 0 Å². The molecule has 0 atom stereocenters. The van der Waals surface area contributed by atoms with Crippen molar-refractivity contribution in [1.82, 2.24) is 0 Å². The number of hydrogen-bond acceptors (Lipinski definition) is 4. The number of aliphatic imine (C=N–C) groups is 2. The molecule has 0 saturated carbocycles. The average Bonchev–Trinajstić information content (AvgIpc) is 2.19. The zero-order chi connectivity index (χ0) is 10.9. The van der Waals surface area contributed by atoms with Gasteiger partial charge in [0.25, 0.3) is 0 Å². The Balaban J connectivity index is 4.49. The summed E-state index contributed by atoms with van der Waals surface area (Å²) >= 11 is 0. The number of nitrogens with zero attached hydrogens (tertiary/aromatic N) is 2. The number of rotatable bonds is 7. The Morgan fingerprint density at radius 3 is 2.00 bits per heavy atom. The summed E-state index contributed by atoms with van der Waals surface area (Å²) in [5.41, 5.74) is -0.904. The minimum Gasteiger partial charge on any atom is -0.211 e. The number of hydrogen-bond donors (Lipinski definition) is 0. The Morgan fingerprint density at radius 2 is 1.64 bits per heavy atom. The van der Waals surface area contributed by atoms with Crippen molar-refractivity contribution in [3.05, 3.63) is 0 Å². The molecule has 0 aromatic carbocycles. The maximum Gasteiger partial charge on any atom is 0.237 e. The molecule has 0 unspecified atom stereocenters. The molecule has 0 spiro atoms. The molecule has 14 heavy (non-hydrogen) atoms. The normalized spacial score (nSPS) is 13.6. The van der Waals surface area contributed by atoms with E-state index in [-0.39, 0.29) is 0 Å². The lowest BCUT2D eigenvalue weighted by atomic mass is 10.0. The van der Waals surface area contributed by atoms with Crippen molar-refractivity contribution < 1.29 is 9.59 Å². The van der Waals surface area contributed by atoms with Crippen LogP contribution in [0.5, 0.6) is 0 Å². The fraction of sp³-hybridized carbons (Fsp3) is 0.800. The third-order valence-corrected chi connectivity index (χ3v) is 2.25. The summed E-state index contributed by atoms with van der Waals surface area (Å²) in [5, 5.41) is 0. The van der Waals surface area contributed by atoms with E-state index >= 15 is 0 Å². The first-order chi connectivity index (χ1) is 6.74. The minimum atomic E-state index is -0.904. The highest BCUT2D eigenvalue weighted by molar-refractivity contribution is 5.38. The average molecular weight is 196 g/mol. The van der Waals surface area contributed by atoms with Gasteiger partial charge in [0.15, 0.2) is 5.66 Å². The first-order valence-electron chi connectivity index (χ1n) is 4.92. The van der Waals surface area contributed by atoms with Crippen LogP contribution in [0.4, 0.5) is 0 Å². The van der Waals surface area contributed by atoms with Crippen LogP contribution >= 0.6 is 0 Å². The van der Waals surface area contributed by atoms with Gasteiger partial charge in [0, 0.05) is 0 Å². The Kier molecular flexibility index (Phi) is 6.55. The number of isocyanates is 2. The molecule has 4 nitrogen and oxygen atoms in total. The summed E-state index contributed by atoms with van der Waals surface area (Å²) in [6, 6.07) is 0. The molecule has 0 bridgehead atoms. The lowest BCUT2D eigenvalue weighted by Gasteiger charge is -2.19. The van der Waals surface area contributed by atoms with Gasteiger partial charge in [-0.1, -0.05) is 26.7 Å². The molecular weight excluding hydrogens is 180 g/mol. The van der Waals surface area contributed by atoms with Gasteiger partial charge in [-0.3, -0.25) is 0 Å². The predicted octanol–water partition coefficient (Wildman–Crippen LogP) is 2.34. The van der Waals surface area contributed by atoms with Crippen molar-refractivity contribution in [3.8, 4) is 0 Å². The van der Waals surface area contributed by atoms with Gasteiger partial charge in [-0.15, -0.1) is 0 Å². The van der Waals surface area contributed by atoms with E-state index in [2.05, 4.69) is 16.9 Å². The fourth-order valence-electron chi connectivity index (χ4n) is 1.30. The molecule has 0 aliphatic rings. The first kappa shape index (κ1) is 12.8. The van der Waals surface area contributed by atoms with Gasteiger partial charge >= 0.3 is 0 Å². The number of unbranched alkanes of at least 4 members (excludes halogenated alkanes) is 2. The largest absolute Gasteiger partial charge is 0.237 e. The van der Waals surface area contributed by atoms with E-state index < -0.39 is 5.66 Å². The van der Waals surface area contributed by atoms with Crippen molar-refractivity contribution >= 4 is 12.2 Å². The van der Waals surface area contributed by atoms with Crippen LogP contribution in [-0.2, 0) is 9.59 Å². The van der Waals surface area contributed by atoms with Gasteiger partial charge in [-0.05, 0) is 19.3 Å². The predicted molar refractivity (Wildman–Crippen MR) is 53.4 cm³/mol. The second kappa shape index (κ2) is 7.19. The van der Waals surface area contributed by atoms with E-state index in [0.717, 1.165) is 19.3 Å². The molecule has 0 heterocycles. The third kappa shape index (κ3) is 4.13. The van der Waals surface area contributed by atoms with Gasteiger partial charge in [0.05, 0.1) is 0 Å². The monoisotopic (exact) mass is 196 g/mol. The zero-order valence-corrected chi connectivity index (χ0v) is 8.75. The van der Waals surface area contributed by atoms with Crippen molar-refractivity contribution in [3.63, 3.8) is 0 Å². The molecule has 0 amide bonds. The summed E-state index contributed by atoms with van der Waals surface area (Å²) in [4.78, 5) is 27.6. The highest BCUT2D eigenvalue weighted by atomic mass is 16.1. The molecule has 78 valence electrons. The Hall–Kier alpha value is -1.24. The Morgan fingerprint density at radius 1 is 1.07 bits per heavy atom. The van der Waals surface area contributed by atoms with Gasteiger partial charge in [-0.2, -0.15) is 9.98 Å². The van der Waals surface area contributed by atoms with Crippen molar-refractivity contribution in [1.29, 1.82) is 0 Å². The van der Waals surface area contributed by atoms with E-state index in [9.17, 15) is 9.59 Å². The molecule has 4 heteroatoms. The molecule has 0 aliphatic heterocycles. The third-order valence-electron chi connectivity index (χ3n) is 2.25. The molecular formula is C10H16N2O2. The van der Waals surface area contributed by atoms with Crippen molar-refractivity contribution in [2.75, 3.05) is 0 Å². The fourth-order valence-corrected chi connectivity index (χ4v) is 1.30. The van der Waals surface area contributed by atoms with Crippen LogP contribution in [0, 0.1) is 0 Å². The van der Waals surface area contributed by atoms with Gasteiger partial charge in [-0.25, -0.2) is 9.59 Å². The Labute approximate surface area is 84.1 Å². The maximum absolute atomic E-state index is 10.2. The van der Waals surface area contributed by atoms with E-state index in [0.29, 0.717) is 12.8 Å². The van der Waals surface area contributed by atoms with E-state index in [1.165, 1.54) is 12.2 Å². The van der Waals surface area contributed by atoms with E-state index in [1.807, 2.05) is 6.92 Å². The van der Waals surface area contributed by atoms with E-state index in [1.54, 1.807) is 0 Å². The molecule has 0 radical (unpaired) electrons. The molecule has 0 fully saturated rings. The van der Waals surface area contributed by atoms with Crippen LogP contribution in [0.3, 0.4) is 0 Å². The summed E-state index contributed by atoms with van der Waals surface area (Å²) < 4.78 is 0. The standard InChI is InChI=1S/C10H16N2O2/c1-3-5-6-7-10(4-2,11-8-13)12-9-14/h3-7H2,1-2H3. The molecule has 0 N–H and O–H groups in total. The lowest BCUT2D eigenvalue weighted by molar-refractivity contribution is 0.378. The van der Waals surface area contributed by atoms with Crippen LogP contribution in [0.15, 0.2) is 9.98 Å². The zero-order valence-electron chi connectivity index (χ0n) is 8.75. The highest BCUT2D eigenvalue weighted by Crippen LogP contribution is 2.24. The van der Waals surface area contributed by atoms with Crippen molar-refractivity contribution in [2.24, 2.45) is 9.98 Å². The molecule has 0 rings (SSSR count). The van der Waals surface area contributed by atoms with Crippen LogP contribution < -0.4 is 0 Å². The highest BCUT2D eigenvalue weighted by Gasteiger charge is 2.25. The quantitative estimate of drug-likeness (QED) is 0.356. The lowest BCUT2D eigenvalue weighted by Crippen LogP contribution is -2.22. The van der Waals surface area contributed by atoms with Crippen LogP contribution in [0.1, 0.15) is 46.0 Å². The van der Waals surface area contributed by atoms with Crippen LogP contribution in [-0.4, -0.2) is 17.8 Å². The van der Waals surface area contributed by atoms with Gasteiger partial charge in [0.1, 0.15) is 0 Å². The van der Waals surface area contributed by atoms with E-state index in [4.69, 9.17) is 0 Å². The molecule has 0 aromatic rings. The smallest absolute Gasteiger partial charge is 0.211 e. The summed E-state index contributed by atoms with van der Waals surface area (Å²) in [5.74, 6) is 0. The SMILES string of the molecule is CCCCCC(CC)(N=C=O)N=C=O. The van der Waals surface area contributed by atoms with Gasteiger partial charge in [0.2, 0.25) is 12.2 Å². The van der Waals surface area contributed by atoms with Crippen LogP contribution in [0.25, 0.3) is 0 Å². The first-order valence-corrected chi connectivity index (χ1v) is 4.92.